The van der Waals surface area contributed by atoms with E-state index in [2.05, 4.69) is 6.08 Å². The molecule has 0 radical (unpaired) electrons. The maximum Gasteiger partial charge on any atom is 0.306 e. The van der Waals surface area contributed by atoms with Crippen LogP contribution < -0.4 is 0 Å². The summed E-state index contributed by atoms with van der Waals surface area (Å²) in [5, 5.41) is 30.6. The number of hydrogen-bond acceptors (Lipinski definition) is 11. The van der Waals surface area contributed by atoms with Gasteiger partial charge in [0.15, 0.2) is 12.4 Å². The minimum Gasteiger partial charge on any atom is -0.462 e. The predicted octanol–water partition coefficient (Wildman–Crippen LogP) is 5.15. The lowest BCUT2D eigenvalue weighted by molar-refractivity contribution is -0.297. The van der Waals surface area contributed by atoms with Gasteiger partial charge in [0, 0.05) is 12.8 Å². The molecule has 1 unspecified atom stereocenters. The zero-order valence-electron chi connectivity index (χ0n) is 29.7. The lowest BCUT2D eigenvalue weighted by atomic mass is 10.00. The highest BCUT2D eigenvalue weighted by Crippen LogP contribution is 2.23. The summed E-state index contributed by atoms with van der Waals surface area (Å²) >= 11 is 0. The Kier molecular flexibility index (Phi) is 25.2. The number of rotatable bonds is 25. The molecule has 0 saturated carbocycles. The lowest BCUT2D eigenvalue weighted by Crippen LogP contribution is -2.60. The molecule has 0 aliphatic carbocycles. The van der Waals surface area contributed by atoms with E-state index in [0.717, 1.165) is 32.1 Å². The summed E-state index contributed by atoms with van der Waals surface area (Å²) in [6.45, 7) is 3.08. The maximum absolute atomic E-state index is 12.6. The van der Waals surface area contributed by atoms with Crippen LogP contribution in [-0.2, 0) is 38.7 Å². The predicted molar refractivity (Wildman–Crippen MR) is 196 cm³/mol. The van der Waals surface area contributed by atoms with E-state index < -0.39 is 71.2 Å². The Morgan fingerprint density at radius 1 is 0.667 bits per heavy atom. The molecule has 4 N–H and O–H groups in total. The molecule has 0 spiro atoms. The van der Waals surface area contributed by atoms with Crippen LogP contribution in [0.3, 0.4) is 0 Å². The molecule has 51 heavy (non-hydrogen) atoms. The van der Waals surface area contributed by atoms with Crippen molar-refractivity contribution in [2.75, 3.05) is 19.0 Å². The fourth-order valence-corrected chi connectivity index (χ4v) is 5.26. The molecule has 1 aliphatic heterocycles. The van der Waals surface area contributed by atoms with E-state index in [1.54, 1.807) is 18.2 Å². The average molecular weight is 737 g/mol. The Morgan fingerprint density at radius 2 is 1.22 bits per heavy atom. The van der Waals surface area contributed by atoms with Crippen LogP contribution in [0.1, 0.15) is 71.6 Å². The van der Waals surface area contributed by atoms with E-state index in [-0.39, 0.29) is 19.4 Å². The van der Waals surface area contributed by atoms with E-state index in [1.807, 2.05) is 86.8 Å². The molecule has 1 saturated heterocycles. The molecular weight excluding hydrogens is 680 g/mol. The van der Waals surface area contributed by atoms with E-state index >= 15 is 0 Å². The summed E-state index contributed by atoms with van der Waals surface area (Å²) in [4.78, 5) is 25.1. The number of unbranched alkanes of at least 4 members (excludes halogenated alkanes) is 5. The van der Waals surface area contributed by atoms with Gasteiger partial charge in [0.05, 0.1) is 6.61 Å². The van der Waals surface area contributed by atoms with Crippen molar-refractivity contribution in [2.24, 2.45) is 0 Å². The Morgan fingerprint density at radius 3 is 1.86 bits per heavy atom. The van der Waals surface area contributed by atoms with Crippen LogP contribution in [0, 0.1) is 0 Å². The Labute approximate surface area is 303 Å². The number of aliphatic hydroxyl groups is 3. The molecule has 0 amide bonds. The molecule has 1 aliphatic rings. The molecule has 1 rings (SSSR count). The molecule has 286 valence electrons. The number of carbonyl (C=O) groups is 2. The van der Waals surface area contributed by atoms with Crippen LogP contribution in [0.5, 0.6) is 0 Å². The second kappa shape index (κ2) is 28.2. The van der Waals surface area contributed by atoms with Gasteiger partial charge in [-0.15, -0.1) is 0 Å². The van der Waals surface area contributed by atoms with Crippen LogP contribution >= 0.6 is 0 Å². The van der Waals surface area contributed by atoms with Gasteiger partial charge in [-0.25, -0.2) is 0 Å². The number of hydrogen-bond donors (Lipinski definition) is 4. The van der Waals surface area contributed by atoms with E-state index in [0.29, 0.717) is 12.8 Å². The van der Waals surface area contributed by atoms with Gasteiger partial charge in [0.2, 0.25) is 0 Å². The third-order valence-corrected chi connectivity index (χ3v) is 8.00. The highest BCUT2D eigenvalue weighted by molar-refractivity contribution is 7.85. The first-order valence-corrected chi connectivity index (χ1v) is 18.9. The first kappa shape index (κ1) is 45.6. The molecule has 13 heteroatoms. The Balaban J connectivity index is 2.67. The van der Waals surface area contributed by atoms with Gasteiger partial charge >= 0.3 is 11.9 Å². The third-order valence-electron chi connectivity index (χ3n) is 7.25. The van der Waals surface area contributed by atoms with Gasteiger partial charge in [-0.3, -0.25) is 14.1 Å². The van der Waals surface area contributed by atoms with Crippen molar-refractivity contribution in [3.8, 4) is 0 Å². The molecular formula is C38H56O12S. The summed E-state index contributed by atoms with van der Waals surface area (Å²) < 4.78 is 53.5. The Hall–Kier alpha value is -3.43. The van der Waals surface area contributed by atoms with Crippen molar-refractivity contribution in [2.45, 2.75) is 108 Å². The largest absolute Gasteiger partial charge is 0.462 e. The second-order valence-corrected chi connectivity index (χ2v) is 13.2. The first-order valence-electron chi connectivity index (χ1n) is 17.3. The van der Waals surface area contributed by atoms with Gasteiger partial charge in [-0.2, -0.15) is 8.42 Å². The monoisotopic (exact) mass is 736 g/mol. The van der Waals surface area contributed by atoms with E-state index in [1.165, 1.54) is 0 Å². The van der Waals surface area contributed by atoms with Crippen LogP contribution in [0.4, 0.5) is 0 Å². The SMILES string of the molecule is C/C=C/C=C/C=C/C=C/C=C/C=C/CCC(=O)O[C@H](COC(=O)CCCCCCC/C=C/C=C/C)COC1O[C@H](CS(=O)(=O)O)[C@@H](O)[C@H](O)[C@H]1O. The summed E-state index contributed by atoms with van der Waals surface area (Å²) in [5.41, 5.74) is 0. The zero-order chi connectivity index (χ0) is 37.7. The zero-order valence-corrected chi connectivity index (χ0v) is 30.5. The fraction of sp³-hybridized carbons (Fsp3) is 0.526. The Bertz CT molecular complexity index is 1330. The van der Waals surface area contributed by atoms with Crippen molar-refractivity contribution in [1.82, 2.24) is 0 Å². The van der Waals surface area contributed by atoms with Crippen molar-refractivity contribution in [3.05, 3.63) is 97.2 Å². The molecule has 0 bridgehead atoms. The molecule has 1 fully saturated rings. The molecule has 0 aromatic carbocycles. The molecule has 12 nitrogen and oxygen atoms in total. The first-order chi connectivity index (χ1) is 24.5. The average Bonchev–Trinajstić information content (AvgIpc) is 3.09. The van der Waals surface area contributed by atoms with Crippen molar-refractivity contribution in [1.29, 1.82) is 0 Å². The second-order valence-electron chi connectivity index (χ2n) is 11.7. The highest BCUT2D eigenvalue weighted by atomic mass is 32.2. The standard InChI is InChI=1S/C38H56O12S/c1-3-5-7-9-11-13-15-16-17-19-21-23-25-27-34(40)49-31(28-47-33(39)26-24-22-20-18-14-12-10-8-6-4-2)29-48-38-37(43)36(42)35(41)32(50-38)30-51(44,45)46/h3-11,13,15-17,19,21,23,31-32,35-38,41-43H,12,14,18,20,22,24-30H2,1-2H3,(H,44,45,46)/b5-3+,6-4+,9-7+,10-8+,13-11+,16-15+,19-17+,23-21+/t31-,32-,35-,36+,37-,38?/m1/s1. The number of allylic oxidation sites excluding steroid dienone is 16. The van der Waals surface area contributed by atoms with Crippen LogP contribution in [-0.4, -0.2) is 96.0 Å². The van der Waals surface area contributed by atoms with E-state index in [9.17, 15) is 37.9 Å². The molecule has 0 aromatic heterocycles. The minimum atomic E-state index is -4.61. The van der Waals surface area contributed by atoms with Crippen LogP contribution in [0.15, 0.2) is 97.2 Å². The molecule has 0 aromatic rings. The van der Waals surface area contributed by atoms with Crippen molar-refractivity contribution in [3.63, 3.8) is 0 Å². The van der Waals surface area contributed by atoms with Crippen molar-refractivity contribution < 1.29 is 56.8 Å². The van der Waals surface area contributed by atoms with Gasteiger partial charge < -0.3 is 34.3 Å². The molecule has 6 atom stereocenters. The van der Waals surface area contributed by atoms with Gasteiger partial charge in [0.25, 0.3) is 10.1 Å². The maximum atomic E-state index is 12.6. The number of aliphatic hydroxyl groups excluding tert-OH is 3. The van der Waals surface area contributed by atoms with Gasteiger partial charge in [-0.05, 0) is 39.5 Å². The lowest BCUT2D eigenvalue weighted by Gasteiger charge is -2.40. The fourth-order valence-electron chi connectivity index (χ4n) is 4.57. The quantitative estimate of drug-likeness (QED) is 0.0419. The molecule has 1 heterocycles. The summed E-state index contributed by atoms with van der Waals surface area (Å²) in [7, 11) is -4.61. The third kappa shape index (κ3) is 23.6. The topological polar surface area (TPSA) is 186 Å². The van der Waals surface area contributed by atoms with E-state index in [4.69, 9.17) is 18.9 Å². The summed E-state index contributed by atoms with van der Waals surface area (Å²) in [6.07, 6.45) is 26.7. The summed E-state index contributed by atoms with van der Waals surface area (Å²) in [5.74, 6) is -2.17. The summed E-state index contributed by atoms with van der Waals surface area (Å²) in [6, 6.07) is 0. The van der Waals surface area contributed by atoms with Gasteiger partial charge in [-0.1, -0.05) is 116 Å². The van der Waals surface area contributed by atoms with Gasteiger partial charge in [0.1, 0.15) is 36.8 Å². The number of ether oxygens (including phenoxy) is 4. The minimum absolute atomic E-state index is 0.000887. The normalized spacial score (nSPS) is 22.7. The van der Waals surface area contributed by atoms with Crippen molar-refractivity contribution >= 4 is 22.1 Å². The highest BCUT2D eigenvalue weighted by Gasteiger charge is 2.46. The smallest absolute Gasteiger partial charge is 0.306 e. The van der Waals surface area contributed by atoms with Crippen LogP contribution in [0.2, 0.25) is 0 Å². The number of esters is 2. The number of carbonyl (C=O) groups excluding carboxylic acids is 2. The van der Waals surface area contributed by atoms with Crippen LogP contribution in [0.25, 0.3) is 0 Å².